The molecule has 0 bridgehead atoms. The van der Waals surface area contributed by atoms with Crippen LogP contribution in [0.4, 0.5) is 4.79 Å². The number of hydrogen-bond donors (Lipinski definition) is 2. The molecule has 0 spiro atoms. The molecule has 132 valence electrons. The number of halogens is 1. The van der Waals surface area contributed by atoms with Crippen LogP contribution in [0.2, 0.25) is 5.02 Å². The van der Waals surface area contributed by atoms with E-state index in [0.29, 0.717) is 22.9 Å². The van der Waals surface area contributed by atoms with Crippen molar-refractivity contribution in [3.8, 4) is 11.1 Å². The van der Waals surface area contributed by atoms with Crippen molar-refractivity contribution in [3.05, 3.63) is 58.3 Å². The number of carbonyl (C=O) groups excluding carboxylic acids is 1. The molecule has 26 heavy (non-hydrogen) atoms. The Balaban J connectivity index is 1.72. The molecular formula is C19H15ClN2O4. The third-order valence-corrected chi connectivity index (χ3v) is 4.74. The van der Waals surface area contributed by atoms with Gasteiger partial charge in [-0.2, -0.15) is 0 Å². The van der Waals surface area contributed by atoms with Gasteiger partial charge in [-0.25, -0.2) is 4.79 Å². The van der Waals surface area contributed by atoms with Crippen molar-refractivity contribution < 1.29 is 19.1 Å². The lowest BCUT2D eigenvalue weighted by Crippen LogP contribution is -2.19. The molecule has 0 radical (unpaired) electrons. The van der Waals surface area contributed by atoms with E-state index >= 15 is 0 Å². The zero-order valence-electron chi connectivity index (χ0n) is 13.9. The second-order valence-electron chi connectivity index (χ2n) is 6.28. The smallest absolute Gasteiger partial charge is 0.405 e. The van der Waals surface area contributed by atoms with E-state index in [2.05, 4.69) is 5.32 Å². The van der Waals surface area contributed by atoms with Crippen molar-refractivity contribution in [3.63, 3.8) is 0 Å². The van der Waals surface area contributed by atoms with Crippen LogP contribution in [0.1, 0.15) is 21.7 Å². The Hall–Kier alpha value is -2.99. The molecule has 2 heterocycles. The van der Waals surface area contributed by atoms with Crippen LogP contribution >= 0.6 is 11.6 Å². The summed E-state index contributed by atoms with van der Waals surface area (Å²) < 4.78 is 5.63. The van der Waals surface area contributed by atoms with Crippen molar-refractivity contribution in [1.29, 1.82) is 0 Å². The zero-order valence-corrected chi connectivity index (χ0v) is 14.6. The highest BCUT2D eigenvalue weighted by Gasteiger charge is 2.24. The Kier molecular flexibility index (Phi) is 3.85. The van der Waals surface area contributed by atoms with Gasteiger partial charge in [0.1, 0.15) is 5.76 Å². The first-order chi connectivity index (χ1) is 12.4. The standard InChI is InChI=1S/C19H15ClN2O4/c1-22-9-13-4-10(2-3-15(13)18(22)23)11-5-12-6-14(8-21-19(24)25)26-17(12)16(20)7-11/h2-7,21H,8-9H2,1H3,(H,24,25). The Labute approximate surface area is 154 Å². The number of amides is 2. The molecule has 7 heteroatoms. The maximum atomic E-state index is 12.0. The van der Waals surface area contributed by atoms with Gasteiger partial charge >= 0.3 is 6.09 Å². The van der Waals surface area contributed by atoms with Gasteiger partial charge in [0.2, 0.25) is 0 Å². The second kappa shape index (κ2) is 6.07. The van der Waals surface area contributed by atoms with E-state index in [9.17, 15) is 9.59 Å². The van der Waals surface area contributed by atoms with Crippen LogP contribution in [0.5, 0.6) is 0 Å². The van der Waals surface area contributed by atoms with E-state index in [-0.39, 0.29) is 12.5 Å². The van der Waals surface area contributed by atoms with Crippen LogP contribution < -0.4 is 5.32 Å². The molecule has 0 atom stereocenters. The topological polar surface area (TPSA) is 82.8 Å². The molecule has 0 fully saturated rings. The lowest BCUT2D eigenvalue weighted by Gasteiger charge is -2.05. The largest absolute Gasteiger partial charge is 0.465 e. The van der Waals surface area contributed by atoms with Crippen molar-refractivity contribution in [2.75, 3.05) is 7.05 Å². The Morgan fingerprint density at radius 2 is 2.08 bits per heavy atom. The quantitative estimate of drug-likeness (QED) is 0.726. The molecule has 4 rings (SSSR count). The number of rotatable bonds is 3. The third-order valence-electron chi connectivity index (χ3n) is 4.46. The number of nitrogens with one attached hydrogen (secondary N) is 1. The summed E-state index contributed by atoms with van der Waals surface area (Å²) in [4.78, 5) is 24.3. The Bertz CT molecular complexity index is 1060. The number of nitrogens with zero attached hydrogens (tertiary/aromatic N) is 1. The second-order valence-corrected chi connectivity index (χ2v) is 6.69. The van der Waals surface area contributed by atoms with Crippen LogP contribution in [0, 0.1) is 0 Å². The molecule has 1 aromatic heterocycles. The monoisotopic (exact) mass is 370 g/mol. The van der Waals surface area contributed by atoms with Crippen LogP contribution in [0.3, 0.4) is 0 Å². The molecule has 0 saturated carbocycles. The summed E-state index contributed by atoms with van der Waals surface area (Å²) in [5.74, 6) is 0.521. The van der Waals surface area contributed by atoms with Gasteiger partial charge in [-0.05, 0) is 47.0 Å². The molecule has 2 aromatic carbocycles. The highest BCUT2D eigenvalue weighted by Crippen LogP contribution is 2.34. The van der Waals surface area contributed by atoms with Crippen molar-refractivity contribution in [2.45, 2.75) is 13.1 Å². The fraction of sp³-hybridized carbons (Fsp3) is 0.158. The molecule has 6 nitrogen and oxygen atoms in total. The maximum Gasteiger partial charge on any atom is 0.405 e. The lowest BCUT2D eigenvalue weighted by molar-refractivity contribution is 0.0816. The SMILES string of the molecule is CN1Cc2cc(-c3cc(Cl)c4oc(CNC(=O)O)cc4c3)ccc2C1=O. The lowest BCUT2D eigenvalue weighted by atomic mass is 9.99. The van der Waals surface area contributed by atoms with Gasteiger partial charge < -0.3 is 19.7 Å². The van der Waals surface area contributed by atoms with Crippen molar-refractivity contribution in [1.82, 2.24) is 10.2 Å². The number of benzene rings is 2. The van der Waals surface area contributed by atoms with Crippen LogP contribution in [-0.4, -0.2) is 29.1 Å². The third kappa shape index (κ3) is 2.78. The number of fused-ring (bicyclic) bond motifs is 2. The van der Waals surface area contributed by atoms with Gasteiger partial charge in [-0.1, -0.05) is 17.7 Å². The predicted octanol–water partition coefficient (Wildman–Crippen LogP) is 4.11. The van der Waals surface area contributed by atoms with Crippen LogP contribution in [0.25, 0.3) is 22.1 Å². The zero-order chi connectivity index (χ0) is 18.4. The Morgan fingerprint density at radius 1 is 1.27 bits per heavy atom. The summed E-state index contributed by atoms with van der Waals surface area (Å²) >= 11 is 6.36. The molecule has 0 saturated heterocycles. The highest BCUT2D eigenvalue weighted by molar-refractivity contribution is 6.35. The maximum absolute atomic E-state index is 12.0. The first-order valence-electron chi connectivity index (χ1n) is 8.00. The molecule has 2 N–H and O–H groups in total. The molecule has 2 amide bonds. The normalized spacial score (nSPS) is 13.3. The van der Waals surface area contributed by atoms with Gasteiger partial charge in [0, 0.05) is 24.5 Å². The summed E-state index contributed by atoms with van der Waals surface area (Å²) in [6, 6.07) is 11.3. The molecular weight excluding hydrogens is 356 g/mol. The molecule has 1 aliphatic heterocycles. The van der Waals surface area contributed by atoms with E-state index in [1.807, 2.05) is 30.3 Å². The van der Waals surface area contributed by atoms with Gasteiger partial charge in [-0.3, -0.25) is 4.79 Å². The molecule has 3 aromatic rings. The van der Waals surface area contributed by atoms with E-state index in [0.717, 1.165) is 27.6 Å². The number of carboxylic acid groups (broad SMARTS) is 1. The number of carbonyl (C=O) groups is 2. The van der Waals surface area contributed by atoms with Gasteiger partial charge in [0.05, 0.1) is 11.6 Å². The molecule has 0 unspecified atom stereocenters. The fourth-order valence-corrected chi connectivity index (χ4v) is 3.49. The summed E-state index contributed by atoms with van der Waals surface area (Å²) in [5.41, 5.74) is 4.11. The van der Waals surface area contributed by atoms with Crippen LogP contribution in [0.15, 0.2) is 40.8 Å². The van der Waals surface area contributed by atoms with E-state index in [1.165, 1.54) is 0 Å². The summed E-state index contributed by atoms with van der Waals surface area (Å²) in [5, 5.41) is 12.2. The Morgan fingerprint density at radius 3 is 2.85 bits per heavy atom. The van der Waals surface area contributed by atoms with E-state index in [4.69, 9.17) is 21.1 Å². The highest BCUT2D eigenvalue weighted by atomic mass is 35.5. The van der Waals surface area contributed by atoms with Gasteiger partial charge in [-0.15, -0.1) is 0 Å². The van der Waals surface area contributed by atoms with E-state index in [1.54, 1.807) is 18.0 Å². The average Bonchev–Trinajstić information content (AvgIpc) is 3.14. The minimum atomic E-state index is -1.12. The fourth-order valence-electron chi connectivity index (χ4n) is 3.23. The summed E-state index contributed by atoms with van der Waals surface area (Å²) in [6.07, 6.45) is -1.12. The molecule has 0 aliphatic carbocycles. The summed E-state index contributed by atoms with van der Waals surface area (Å²) in [7, 11) is 1.78. The van der Waals surface area contributed by atoms with Crippen molar-refractivity contribution >= 4 is 34.6 Å². The van der Waals surface area contributed by atoms with Gasteiger partial charge in [0.15, 0.2) is 5.58 Å². The first kappa shape index (κ1) is 16.5. The number of hydrogen-bond acceptors (Lipinski definition) is 3. The summed E-state index contributed by atoms with van der Waals surface area (Å²) in [6.45, 7) is 0.664. The van der Waals surface area contributed by atoms with Crippen LogP contribution in [-0.2, 0) is 13.1 Å². The van der Waals surface area contributed by atoms with E-state index < -0.39 is 6.09 Å². The average molecular weight is 371 g/mol. The predicted molar refractivity (Wildman–Crippen MR) is 97.3 cm³/mol. The van der Waals surface area contributed by atoms with Gasteiger partial charge in [0.25, 0.3) is 5.91 Å². The molecule has 1 aliphatic rings. The minimum absolute atomic E-state index is 0.0328. The first-order valence-corrected chi connectivity index (χ1v) is 8.37. The number of furan rings is 1. The van der Waals surface area contributed by atoms with Crippen molar-refractivity contribution in [2.24, 2.45) is 0 Å². The minimum Gasteiger partial charge on any atom is -0.465 e.